The third kappa shape index (κ3) is 7.37. The van der Waals surface area contributed by atoms with E-state index >= 15 is 0 Å². The number of likely N-dealkylation sites (N-methyl/N-ethyl adjacent to an activating group) is 1. The highest BCUT2D eigenvalue weighted by Crippen LogP contribution is 2.38. The number of piperidine rings is 2. The zero-order chi connectivity index (χ0) is 34.2. The molecule has 3 fully saturated rings. The third-order valence-electron chi connectivity index (χ3n) is 10.1. The number of nitrogen functional groups attached to an aromatic ring is 1. The third-order valence-corrected chi connectivity index (χ3v) is 10.8. The summed E-state index contributed by atoms with van der Waals surface area (Å²) in [5.74, 6) is -0.318. The Hall–Kier alpha value is -3.56. The fourth-order valence-electron chi connectivity index (χ4n) is 7.33. The van der Waals surface area contributed by atoms with Gasteiger partial charge in [0.1, 0.15) is 6.04 Å². The van der Waals surface area contributed by atoms with Crippen molar-refractivity contribution in [1.29, 1.82) is 0 Å². The van der Waals surface area contributed by atoms with Crippen molar-refractivity contribution in [2.24, 2.45) is 0 Å². The van der Waals surface area contributed by atoms with Crippen molar-refractivity contribution in [3.63, 3.8) is 0 Å². The van der Waals surface area contributed by atoms with Crippen molar-refractivity contribution < 1.29 is 22.8 Å². The normalized spacial score (nSPS) is 19.9. The summed E-state index contributed by atoms with van der Waals surface area (Å²) in [6.45, 7) is 5.68. The first-order chi connectivity index (χ1) is 22.9. The summed E-state index contributed by atoms with van der Waals surface area (Å²) >= 11 is 3.15. The molecule has 2 aromatic carbocycles. The Kier molecular flexibility index (Phi) is 10.1. The van der Waals surface area contributed by atoms with Gasteiger partial charge in [-0.15, -0.1) is 0 Å². The number of benzene rings is 2. The van der Waals surface area contributed by atoms with E-state index in [9.17, 15) is 27.6 Å². The molecule has 4 N–H and O–H groups in total. The Labute approximate surface area is 285 Å². The second kappa shape index (κ2) is 14.1. The highest BCUT2D eigenvalue weighted by molar-refractivity contribution is 9.10. The maximum atomic E-state index is 14.0. The average molecular weight is 736 g/mol. The van der Waals surface area contributed by atoms with Crippen LogP contribution in [0.15, 0.2) is 45.7 Å². The van der Waals surface area contributed by atoms with E-state index in [1.165, 1.54) is 6.07 Å². The minimum Gasteiger partial charge on any atom is -0.397 e. The molecule has 1 aromatic heterocycles. The van der Waals surface area contributed by atoms with Crippen molar-refractivity contribution in [3.05, 3.63) is 62.5 Å². The van der Waals surface area contributed by atoms with Crippen LogP contribution < -0.4 is 16.7 Å². The number of hydrogen-bond donors (Lipinski definition) is 3. The molecule has 3 aromatic rings. The first-order valence-corrected chi connectivity index (χ1v) is 17.3. The van der Waals surface area contributed by atoms with Crippen LogP contribution in [-0.2, 0) is 17.4 Å². The highest BCUT2D eigenvalue weighted by atomic mass is 79.9. The molecule has 6 rings (SSSR count). The van der Waals surface area contributed by atoms with E-state index in [-0.39, 0.29) is 34.1 Å². The maximum absolute atomic E-state index is 14.0. The minimum absolute atomic E-state index is 0.0763. The van der Waals surface area contributed by atoms with Crippen molar-refractivity contribution in [3.8, 4) is 0 Å². The molecule has 48 heavy (non-hydrogen) atoms. The number of likely N-dealkylation sites (tertiary alicyclic amines) is 2. The van der Waals surface area contributed by atoms with Gasteiger partial charge >= 0.3 is 17.9 Å². The number of anilines is 1. The van der Waals surface area contributed by atoms with E-state index in [1.54, 1.807) is 14.4 Å². The number of halogens is 4. The topological polar surface area (TPSA) is 123 Å². The molecule has 0 aliphatic carbocycles. The SMILES string of the molecule is CN1CCN(C2CCN(C(=O)[C@@H](Cc3cc(Br)c(N)c(C(F)(F)F)c3)NC(=O)N3CCC(n4c(=O)[nH]c5ccccc54)CC3)CC2)CC1. The van der Waals surface area contributed by atoms with Gasteiger partial charge < -0.3 is 30.7 Å². The fourth-order valence-corrected chi connectivity index (χ4v) is 7.83. The van der Waals surface area contributed by atoms with Gasteiger partial charge in [-0.25, -0.2) is 9.59 Å². The van der Waals surface area contributed by atoms with Gasteiger partial charge in [0.15, 0.2) is 0 Å². The number of nitrogens with two attached hydrogens (primary N) is 1. The predicted molar refractivity (Wildman–Crippen MR) is 181 cm³/mol. The molecular formula is C33H42BrF3N8O3. The number of fused-ring (bicyclic) bond motifs is 1. The zero-order valence-electron chi connectivity index (χ0n) is 26.9. The van der Waals surface area contributed by atoms with Gasteiger partial charge in [0.05, 0.1) is 22.3 Å². The maximum Gasteiger partial charge on any atom is 0.418 e. The van der Waals surface area contributed by atoms with Crippen LogP contribution in [0.5, 0.6) is 0 Å². The fraction of sp³-hybridized carbons (Fsp3) is 0.545. The molecule has 0 bridgehead atoms. The summed E-state index contributed by atoms with van der Waals surface area (Å²) < 4.78 is 43.3. The summed E-state index contributed by atoms with van der Waals surface area (Å²) in [4.78, 5) is 51.4. The summed E-state index contributed by atoms with van der Waals surface area (Å²) in [6.07, 6.45) is -2.16. The summed E-state index contributed by atoms with van der Waals surface area (Å²) in [5.41, 5.74) is 5.90. The number of aromatic nitrogens is 2. The Morgan fingerprint density at radius 3 is 2.25 bits per heavy atom. The number of carbonyl (C=O) groups is 2. The number of nitrogens with zero attached hydrogens (tertiary/aromatic N) is 5. The van der Waals surface area contributed by atoms with E-state index in [0.29, 0.717) is 45.1 Å². The number of carbonyl (C=O) groups excluding carboxylic acids is 2. The number of piperazine rings is 1. The molecule has 1 atom stereocenters. The molecule has 11 nitrogen and oxygen atoms in total. The van der Waals surface area contributed by atoms with E-state index in [2.05, 4.69) is 43.1 Å². The Morgan fingerprint density at radius 2 is 1.58 bits per heavy atom. The lowest BCUT2D eigenvalue weighted by Crippen LogP contribution is -2.57. The molecule has 3 aliphatic rings. The number of alkyl halides is 3. The monoisotopic (exact) mass is 734 g/mol. The number of urea groups is 1. The van der Waals surface area contributed by atoms with Crippen LogP contribution in [0.25, 0.3) is 11.0 Å². The second-order valence-corrected chi connectivity index (χ2v) is 14.0. The largest absolute Gasteiger partial charge is 0.418 e. The molecule has 0 spiro atoms. The second-order valence-electron chi connectivity index (χ2n) is 13.2. The Balaban J connectivity index is 1.16. The summed E-state index contributed by atoms with van der Waals surface area (Å²) in [6, 6.07) is 8.61. The van der Waals surface area contributed by atoms with Crippen LogP contribution in [-0.4, -0.2) is 113 Å². The number of nitrogens with one attached hydrogen (secondary N) is 2. The molecule has 260 valence electrons. The number of imidazole rings is 1. The van der Waals surface area contributed by atoms with Gasteiger partial charge in [-0.3, -0.25) is 14.3 Å². The molecule has 4 heterocycles. The van der Waals surface area contributed by atoms with Crippen molar-refractivity contribution in [2.45, 2.75) is 56.4 Å². The summed E-state index contributed by atoms with van der Waals surface area (Å²) in [5, 5.41) is 2.87. The van der Waals surface area contributed by atoms with Crippen LogP contribution in [0.3, 0.4) is 0 Å². The van der Waals surface area contributed by atoms with Crippen molar-refractivity contribution in [2.75, 3.05) is 65.1 Å². The molecular weight excluding hydrogens is 693 g/mol. The number of para-hydroxylation sites is 2. The average Bonchev–Trinajstić information content (AvgIpc) is 3.41. The van der Waals surface area contributed by atoms with Gasteiger partial charge in [0, 0.05) is 75.3 Å². The summed E-state index contributed by atoms with van der Waals surface area (Å²) in [7, 11) is 2.11. The molecule has 15 heteroatoms. The van der Waals surface area contributed by atoms with Crippen molar-refractivity contribution in [1.82, 2.24) is 34.5 Å². The van der Waals surface area contributed by atoms with E-state index in [4.69, 9.17) is 5.73 Å². The van der Waals surface area contributed by atoms with E-state index in [0.717, 1.165) is 56.1 Å². The molecule has 0 unspecified atom stereocenters. The first kappa shape index (κ1) is 34.3. The van der Waals surface area contributed by atoms with Gasteiger partial charge in [-0.1, -0.05) is 12.1 Å². The van der Waals surface area contributed by atoms with Crippen LogP contribution in [0.4, 0.5) is 23.7 Å². The first-order valence-electron chi connectivity index (χ1n) is 16.5. The van der Waals surface area contributed by atoms with E-state index < -0.39 is 29.5 Å². The van der Waals surface area contributed by atoms with Gasteiger partial charge in [-0.05, 0) is 78.5 Å². The quantitative estimate of drug-likeness (QED) is 0.331. The smallest absolute Gasteiger partial charge is 0.397 e. The van der Waals surface area contributed by atoms with Gasteiger partial charge in [0.2, 0.25) is 5.91 Å². The molecule has 0 radical (unpaired) electrons. The number of amides is 3. The standard InChI is InChI=1S/C33H42BrF3N8O3/c1-41-14-16-42(17-15-41)22-6-10-43(11-7-22)30(46)27(20-21-18-24(33(35,36)37)29(38)25(34)19-21)40-31(47)44-12-8-23(9-13-44)45-28-5-3-2-4-26(28)39-32(45)48/h2-5,18-19,22-23,27H,6-17,20,38H2,1H3,(H,39,48)(H,40,47)/t27-/m1/s1. The van der Waals surface area contributed by atoms with Crippen LogP contribution >= 0.6 is 15.9 Å². The number of aromatic amines is 1. The molecule has 3 aliphatic heterocycles. The number of hydrogen-bond acceptors (Lipinski definition) is 6. The predicted octanol–water partition coefficient (Wildman–Crippen LogP) is 3.89. The van der Waals surface area contributed by atoms with Crippen LogP contribution in [0.2, 0.25) is 0 Å². The van der Waals surface area contributed by atoms with Crippen LogP contribution in [0, 0.1) is 0 Å². The molecule has 0 saturated carbocycles. The Morgan fingerprint density at radius 1 is 0.958 bits per heavy atom. The number of rotatable bonds is 6. The van der Waals surface area contributed by atoms with Crippen LogP contribution in [0.1, 0.15) is 42.9 Å². The minimum atomic E-state index is -4.69. The highest BCUT2D eigenvalue weighted by Gasteiger charge is 2.37. The van der Waals surface area contributed by atoms with Crippen molar-refractivity contribution >= 4 is 44.6 Å². The lowest BCUT2D eigenvalue weighted by atomic mass is 9.98. The molecule has 3 amide bonds. The number of H-pyrrole nitrogens is 1. The Bertz CT molecular complexity index is 1690. The lowest BCUT2D eigenvalue weighted by Gasteiger charge is -2.42. The lowest BCUT2D eigenvalue weighted by molar-refractivity contribution is -0.137. The van der Waals surface area contributed by atoms with E-state index in [1.807, 2.05) is 24.3 Å². The zero-order valence-corrected chi connectivity index (χ0v) is 28.5. The van der Waals surface area contributed by atoms with Gasteiger partial charge in [-0.2, -0.15) is 13.2 Å². The van der Waals surface area contributed by atoms with Gasteiger partial charge in [0.25, 0.3) is 0 Å². The molecule has 3 saturated heterocycles.